The van der Waals surface area contributed by atoms with E-state index in [4.69, 9.17) is 5.11 Å². The van der Waals surface area contributed by atoms with E-state index in [1.54, 1.807) is 17.0 Å². The molecule has 1 aromatic carbocycles. The Kier molecular flexibility index (Phi) is 5.56. The molecule has 1 unspecified atom stereocenters. The van der Waals surface area contributed by atoms with Gasteiger partial charge in [0.1, 0.15) is 0 Å². The van der Waals surface area contributed by atoms with Gasteiger partial charge in [0.15, 0.2) is 0 Å². The zero-order valence-electron chi connectivity index (χ0n) is 13.0. The summed E-state index contributed by atoms with van der Waals surface area (Å²) in [6, 6.07) is 5.88. The monoisotopic (exact) mass is 319 g/mol. The summed E-state index contributed by atoms with van der Waals surface area (Å²) < 4.78 is 0. The normalized spacial score (nSPS) is 15.3. The lowest BCUT2D eigenvalue weighted by Crippen LogP contribution is -2.46. The van der Waals surface area contributed by atoms with Crippen LogP contribution in [0.5, 0.6) is 0 Å². The molecule has 124 valence electrons. The number of carboxylic acid groups (broad SMARTS) is 1. The molecule has 1 atom stereocenters. The Morgan fingerprint density at radius 2 is 2.00 bits per heavy atom. The molecular weight excluding hydrogens is 298 g/mol. The molecule has 1 aromatic rings. The molecule has 0 bridgehead atoms. The predicted octanol–water partition coefficient (Wildman–Crippen LogP) is 1.19. The fourth-order valence-corrected chi connectivity index (χ4v) is 2.50. The Bertz CT molecular complexity index is 585. The molecule has 2 rings (SSSR count). The SMILES string of the molecule is CC(CN1CCCC1=O)NC(=O)NCc1ccc(C(=O)O)cc1. The summed E-state index contributed by atoms with van der Waals surface area (Å²) in [6.45, 7) is 3.43. The molecule has 1 aliphatic heterocycles. The number of urea groups is 1. The van der Waals surface area contributed by atoms with Crippen molar-refractivity contribution in [1.29, 1.82) is 0 Å². The maximum atomic E-state index is 11.8. The molecule has 7 heteroatoms. The number of carbonyl (C=O) groups excluding carboxylic acids is 2. The number of carboxylic acids is 1. The van der Waals surface area contributed by atoms with E-state index < -0.39 is 5.97 Å². The quantitative estimate of drug-likeness (QED) is 0.733. The topological polar surface area (TPSA) is 98.7 Å². The second kappa shape index (κ2) is 7.62. The van der Waals surface area contributed by atoms with Gasteiger partial charge < -0.3 is 20.6 Å². The average Bonchev–Trinajstić information content (AvgIpc) is 2.90. The van der Waals surface area contributed by atoms with Crippen molar-refractivity contribution in [3.05, 3.63) is 35.4 Å². The van der Waals surface area contributed by atoms with Gasteiger partial charge in [-0.15, -0.1) is 0 Å². The highest BCUT2D eigenvalue weighted by Gasteiger charge is 2.22. The molecule has 3 N–H and O–H groups in total. The number of benzene rings is 1. The predicted molar refractivity (Wildman–Crippen MR) is 84.0 cm³/mol. The van der Waals surface area contributed by atoms with E-state index >= 15 is 0 Å². The maximum Gasteiger partial charge on any atom is 0.335 e. The van der Waals surface area contributed by atoms with Gasteiger partial charge in [0.2, 0.25) is 5.91 Å². The van der Waals surface area contributed by atoms with E-state index in [9.17, 15) is 14.4 Å². The second-order valence-corrected chi connectivity index (χ2v) is 5.67. The van der Waals surface area contributed by atoms with E-state index in [0.717, 1.165) is 18.5 Å². The molecule has 1 aliphatic rings. The van der Waals surface area contributed by atoms with Gasteiger partial charge in [0.05, 0.1) is 5.56 Å². The number of nitrogens with one attached hydrogen (secondary N) is 2. The van der Waals surface area contributed by atoms with Gasteiger partial charge in [-0.2, -0.15) is 0 Å². The van der Waals surface area contributed by atoms with E-state index in [-0.39, 0.29) is 23.5 Å². The Hall–Kier alpha value is -2.57. The van der Waals surface area contributed by atoms with Crippen molar-refractivity contribution in [3.8, 4) is 0 Å². The zero-order chi connectivity index (χ0) is 16.8. The highest BCUT2D eigenvalue weighted by Crippen LogP contribution is 2.09. The lowest BCUT2D eigenvalue weighted by atomic mass is 10.1. The fraction of sp³-hybridized carbons (Fsp3) is 0.438. The van der Waals surface area contributed by atoms with Crippen LogP contribution in [0.2, 0.25) is 0 Å². The van der Waals surface area contributed by atoms with E-state index in [1.807, 2.05) is 6.92 Å². The molecule has 7 nitrogen and oxygen atoms in total. The van der Waals surface area contributed by atoms with Gasteiger partial charge in [0, 0.05) is 32.1 Å². The minimum atomic E-state index is -0.979. The number of hydrogen-bond donors (Lipinski definition) is 3. The first-order valence-electron chi connectivity index (χ1n) is 7.60. The third-order valence-electron chi connectivity index (χ3n) is 3.70. The van der Waals surface area contributed by atoms with Gasteiger partial charge in [0.25, 0.3) is 0 Å². The van der Waals surface area contributed by atoms with E-state index in [1.165, 1.54) is 12.1 Å². The molecule has 0 radical (unpaired) electrons. The molecule has 1 heterocycles. The molecule has 0 aromatic heterocycles. The van der Waals surface area contributed by atoms with Gasteiger partial charge in [-0.25, -0.2) is 9.59 Å². The summed E-state index contributed by atoms with van der Waals surface area (Å²) >= 11 is 0. The number of carbonyl (C=O) groups is 3. The minimum Gasteiger partial charge on any atom is -0.478 e. The van der Waals surface area contributed by atoms with Crippen LogP contribution in [0.15, 0.2) is 24.3 Å². The van der Waals surface area contributed by atoms with Gasteiger partial charge in [-0.05, 0) is 31.0 Å². The maximum absolute atomic E-state index is 11.8. The first-order valence-corrected chi connectivity index (χ1v) is 7.60. The van der Waals surface area contributed by atoms with E-state index in [0.29, 0.717) is 19.5 Å². The molecule has 3 amide bonds. The Morgan fingerprint density at radius 3 is 2.57 bits per heavy atom. The van der Waals surface area contributed by atoms with Crippen LogP contribution >= 0.6 is 0 Å². The molecular formula is C16H21N3O4. The van der Waals surface area contributed by atoms with Crippen LogP contribution < -0.4 is 10.6 Å². The van der Waals surface area contributed by atoms with Gasteiger partial charge in [-0.3, -0.25) is 4.79 Å². The van der Waals surface area contributed by atoms with Crippen LogP contribution in [-0.2, 0) is 11.3 Å². The van der Waals surface area contributed by atoms with Crippen molar-refractivity contribution in [3.63, 3.8) is 0 Å². The molecule has 0 spiro atoms. The largest absolute Gasteiger partial charge is 0.478 e. The van der Waals surface area contributed by atoms with Crippen molar-refractivity contribution in [2.45, 2.75) is 32.4 Å². The highest BCUT2D eigenvalue weighted by molar-refractivity contribution is 5.87. The van der Waals surface area contributed by atoms with E-state index in [2.05, 4.69) is 10.6 Å². The smallest absolute Gasteiger partial charge is 0.335 e. The van der Waals surface area contributed by atoms with Crippen LogP contribution in [0, 0.1) is 0 Å². The van der Waals surface area contributed by atoms with Crippen LogP contribution in [-0.4, -0.2) is 47.0 Å². The van der Waals surface area contributed by atoms with Crippen LogP contribution in [0.25, 0.3) is 0 Å². The standard InChI is InChI=1S/C16H21N3O4/c1-11(10-19-8-2-3-14(19)20)18-16(23)17-9-12-4-6-13(7-5-12)15(21)22/h4-7,11H,2-3,8-10H2,1H3,(H,21,22)(H2,17,18,23). The Morgan fingerprint density at radius 1 is 1.30 bits per heavy atom. The lowest BCUT2D eigenvalue weighted by Gasteiger charge is -2.21. The summed E-state index contributed by atoms with van der Waals surface area (Å²) in [5.41, 5.74) is 1.02. The van der Waals surface area contributed by atoms with Crippen molar-refractivity contribution >= 4 is 17.9 Å². The van der Waals surface area contributed by atoms with Crippen molar-refractivity contribution in [2.75, 3.05) is 13.1 Å². The summed E-state index contributed by atoms with van der Waals surface area (Å²) in [5.74, 6) is -0.842. The lowest BCUT2D eigenvalue weighted by molar-refractivity contribution is -0.127. The Balaban J connectivity index is 1.73. The molecule has 23 heavy (non-hydrogen) atoms. The third-order valence-corrected chi connectivity index (χ3v) is 3.70. The average molecular weight is 319 g/mol. The molecule has 1 fully saturated rings. The van der Waals surface area contributed by atoms with Crippen LogP contribution in [0.1, 0.15) is 35.7 Å². The number of nitrogens with zero attached hydrogens (tertiary/aromatic N) is 1. The van der Waals surface area contributed by atoms with Crippen molar-refractivity contribution in [2.24, 2.45) is 0 Å². The first kappa shape index (κ1) is 16.8. The zero-order valence-corrected chi connectivity index (χ0v) is 13.0. The molecule has 0 saturated carbocycles. The summed E-state index contributed by atoms with van der Waals surface area (Å²) in [4.78, 5) is 35.9. The highest BCUT2D eigenvalue weighted by atomic mass is 16.4. The summed E-state index contributed by atoms with van der Waals surface area (Å²) in [6.07, 6.45) is 1.47. The van der Waals surface area contributed by atoms with Gasteiger partial charge >= 0.3 is 12.0 Å². The van der Waals surface area contributed by atoms with Crippen molar-refractivity contribution < 1.29 is 19.5 Å². The Labute approximate surface area is 134 Å². The number of hydrogen-bond acceptors (Lipinski definition) is 3. The molecule has 1 saturated heterocycles. The fourth-order valence-electron chi connectivity index (χ4n) is 2.50. The van der Waals surface area contributed by atoms with Crippen LogP contribution in [0.3, 0.4) is 0 Å². The van der Waals surface area contributed by atoms with Crippen molar-refractivity contribution in [1.82, 2.24) is 15.5 Å². The summed E-state index contributed by atoms with van der Waals surface area (Å²) in [7, 11) is 0. The molecule has 0 aliphatic carbocycles. The van der Waals surface area contributed by atoms with Gasteiger partial charge in [-0.1, -0.05) is 12.1 Å². The number of amides is 3. The number of rotatable bonds is 6. The number of likely N-dealkylation sites (tertiary alicyclic amines) is 1. The number of aromatic carboxylic acids is 1. The summed E-state index contributed by atoms with van der Waals surface area (Å²) in [5, 5.41) is 14.3. The first-order chi connectivity index (χ1) is 11.0. The van der Waals surface area contributed by atoms with Crippen LogP contribution in [0.4, 0.5) is 4.79 Å². The third kappa shape index (κ3) is 4.98. The second-order valence-electron chi connectivity index (χ2n) is 5.67. The minimum absolute atomic E-state index is 0.133.